The molecule has 0 unspecified atom stereocenters. The molecule has 2 aromatic rings. The Morgan fingerprint density at radius 1 is 1.39 bits per heavy atom. The van der Waals surface area contributed by atoms with E-state index in [1.807, 2.05) is 0 Å². The van der Waals surface area contributed by atoms with Crippen molar-refractivity contribution >= 4 is 55.3 Å². The molecule has 11 heteroatoms. The fraction of sp³-hybridized carbons (Fsp3) is 0.250. The maximum atomic E-state index is 12.2. The number of carbonyl (C=O) groups is 1. The zero-order chi connectivity index (χ0) is 16.6. The second kappa shape index (κ2) is 6.07. The van der Waals surface area contributed by atoms with E-state index in [2.05, 4.69) is 9.71 Å². The number of rotatable bonds is 5. The van der Waals surface area contributed by atoms with Crippen LogP contribution in [0.3, 0.4) is 0 Å². The van der Waals surface area contributed by atoms with Crippen molar-refractivity contribution in [1.82, 2.24) is 14.6 Å². The van der Waals surface area contributed by atoms with Crippen LogP contribution >= 0.6 is 24.0 Å². The summed E-state index contributed by atoms with van der Waals surface area (Å²) >= 11 is 6.27. The van der Waals surface area contributed by atoms with Gasteiger partial charge in [0, 0.05) is 19.2 Å². The number of sulfonamides is 1. The topological polar surface area (TPSA) is 112 Å². The van der Waals surface area contributed by atoms with E-state index in [0.717, 1.165) is 0 Å². The van der Waals surface area contributed by atoms with Crippen LogP contribution < -0.4 is 10.5 Å². The van der Waals surface area contributed by atoms with Gasteiger partial charge >= 0.3 is 5.76 Å². The lowest BCUT2D eigenvalue weighted by Gasteiger charge is -2.15. The molecular weight excluding hydrogens is 362 g/mol. The molecule has 2 heterocycles. The van der Waals surface area contributed by atoms with Crippen molar-refractivity contribution < 1.29 is 17.6 Å². The van der Waals surface area contributed by atoms with E-state index in [4.69, 9.17) is 16.6 Å². The van der Waals surface area contributed by atoms with Gasteiger partial charge in [-0.25, -0.2) is 17.9 Å². The fourth-order valence-electron chi connectivity index (χ4n) is 2.07. The van der Waals surface area contributed by atoms with Crippen molar-refractivity contribution in [3.8, 4) is 0 Å². The number of benzene rings is 1. The van der Waals surface area contributed by atoms with E-state index in [-0.39, 0.29) is 35.2 Å². The van der Waals surface area contributed by atoms with Crippen molar-refractivity contribution in [3.63, 3.8) is 0 Å². The number of nitrogens with zero attached hydrogens (tertiary/aromatic N) is 1. The van der Waals surface area contributed by atoms with Crippen LogP contribution in [0.2, 0.25) is 0 Å². The van der Waals surface area contributed by atoms with Gasteiger partial charge in [-0.2, -0.15) is 0 Å². The average Bonchev–Trinajstić information content (AvgIpc) is 3.01. The SMILES string of the molecule is O=C1CSC(=S)N1CCNS(=O)(=O)c1ccc2[nH]c(=O)oc2c1. The number of amides is 1. The highest BCUT2D eigenvalue weighted by Gasteiger charge is 2.26. The molecule has 0 radical (unpaired) electrons. The largest absolute Gasteiger partial charge is 0.417 e. The highest BCUT2D eigenvalue weighted by molar-refractivity contribution is 8.23. The second-order valence-corrected chi connectivity index (χ2v) is 8.05. The van der Waals surface area contributed by atoms with Gasteiger partial charge in [0.25, 0.3) is 0 Å². The van der Waals surface area contributed by atoms with E-state index >= 15 is 0 Å². The third-order valence-corrected chi connectivity index (χ3v) is 6.06. The number of hydrogen-bond acceptors (Lipinski definition) is 7. The first-order chi connectivity index (χ1) is 10.9. The minimum Gasteiger partial charge on any atom is -0.408 e. The maximum absolute atomic E-state index is 12.2. The molecule has 1 fully saturated rings. The fourth-order valence-corrected chi connectivity index (χ4v) is 4.22. The Morgan fingerprint density at radius 3 is 2.87 bits per heavy atom. The van der Waals surface area contributed by atoms with Crippen LogP contribution in [0.15, 0.2) is 32.3 Å². The van der Waals surface area contributed by atoms with Crippen molar-refractivity contribution in [3.05, 3.63) is 28.7 Å². The van der Waals surface area contributed by atoms with E-state index in [0.29, 0.717) is 9.84 Å². The number of hydrogen-bond donors (Lipinski definition) is 2. The van der Waals surface area contributed by atoms with Gasteiger partial charge in [0.15, 0.2) is 5.58 Å². The van der Waals surface area contributed by atoms with Crippen LogP contribution in [0.1, 0.15) is 0 Å². The zero-order valence-electron chi connectivity index (χ0n) is 11.6. The van der Waals surface area contributed by atoms with Gasteiger partial charge in [0.2, 0.25) is 15.9 Å². The smallest absolute Gasteiger partial charge is 0.408 e. The molecule has 0 saturated carbocycles. The van der Waals surface area contributed by atoms with Gasteiger partial charge in [0.1, 0.15) is 4.32 Å². The molecule has 3 rings (SSSR count). The molecule has 0 spiro atoms. The Balaban J connectivity index is 1.71. The Hall–Kier alpha value is -1.69. The van der Waals surface area contributed by atoms with Crippen molar-refractivity contribution in [1.29, 1.82) is 0 Å². The number of thiocarbonyl (C=S) groups is 1. The number of oxazole rings is 1. The Kier molecular flexibility index (Phi) is 4.27. The second-order valence-electron chi connectivity index (χ2n) is 4.67. The molecule has 1 aromatic carbocycles. The predicted molar refractivity (Wildman–Crippen MR) is 88.8 cm³/mol. The standard InChI is InChI=1S/C12H11N3O5S3/c16-10-6-22-12(21)15(10)4-3-13-23(18,19)7-1-2-8-9(5-7)20-11(17)14-8/h1-2,5,13H,3-4,6H2,(H,14,17). The van der Waals surface area contributed by atoms with Crippen LogP contribution in [-0.2, 0) is 14.8 Å². The summed E-state index contributed by atoms with van der Waals surface area (Å²) in [4.78, 5) is 26.4. The van der Waals surface area contributed by atoms with E-state index in [9.17, 15) is 18.0 Å². The molecule has 1 aromatic heterocycles. The van der Waals surface area contributed by atoms with E-state index < -0.39 is 15.8 Å². The predicted octanol–water partition coefficient (Wildman–Crippen LogP) is 0.260. The normalized spacial score (nSPS) is 15.7. The Labute approximate surface area is 140 Å². The Bertz CT molecular complexity index is 930. The lowest BCUT2D eigenvalue weighted by atomic mass is 10.3. The van der Waals surface area contributed by atoms with Crippen LogP contribution in [0.5, 0.6) is 0 Å². The summed E-state index contributed by atoms with van der Waals surface area (Å²) in [7, 11) is -3.78. The summed E-state index contributed by atoms with van der Waals surface area (Å²) in [5.41, 5.74) is 0.573. The molecule has 1 amide bonds. The van der Waals surface area contributed by atoms with Crippen molar-refractivity contribution in [2.75, 3.05) is 18.8 Å². The molecule has 0 atom stereocenters. The lowest BCUT2D eigenvalue weighted by Crippen LogP contribution is -2.37. The summed E-state index contributed by atoms with van der Waals surface area (Å²) < 4.78 is 32.2. The number of aromatic nitrogens is 1. The van der Waals surface area contributed by atoms with Crippen LogP contribution in [0, 0.1) is 0 Å². The quantitative estimate of drug-likeness (QED) is 0.723. The number of nitrogens with one attached hydrogen (secondary N) is 2. The molecule has 1 aliphatic heterocycles. The molecule has 1 aliphatic rings. The van der Waals surface area contributed by atoms with Gasteiger partial charge in [-0.1, -0.05) is 24.0 Å². The summed E-state index contributed by atoms with van der Waals surface area (Å²) in [6, 6.07) is 4.07. The Morgan fingerprint density at radius 2 is 2.17 bits per heavy atom. The number of carbonyl (C=O) groups excluding carboxylic acids is 1. The summed E-state index contributed by atoms with van der Waals surface area (Å²) in [6.45, 7) is 0.204. The average molecular weight is 373 g/mol. The maximum Gasteiger partial charge on any atom is 0.417 e. The molecule has 8 nitrogen and oxygen atoms in total. The molecule has 0 bridgehead atoms. The van der Waals surface area contributed by atoms with Gasteiger partial charge in [0.05, 0.1) is 16.2 Å². The summed E-state index contributed by atoms with van der Waals surface area (Å²) in [5, 5.41) is 0. The number of aromatic amines is 1. The summed E-state index contributed by atoms with van der Waals surface area (Å²) in [6.07, 6.45) is 0. The van der Waals surface area contributed by atoms with Crippen LogP contribution in [-0.4, -0.2) is 47.4 Å². The van der Waals surface area contributed by atoms with Crippen molar-refractivity contribution in [2.45, 2.75) is 4.90 Å². The zero-order valence-corrected chi connectivity index (χ0v) is 14.0. The third kappa shape index (κ3) is 3.32. The van der Waals surface area contributed by atoms with Crippen LogP contribution in [0.4, 0.5) is 0 Å². The van der Waals surface area contributed by atoms with Gasteiger partial charge in [-0.3, -0.25) is 14.7 Å². The van der Waals surface area contributed by atoms with Gasteiger partial charge in [-0.05, 0) is 12.1 Å². The first-order valence-corrected chi connectivity index (χ1v) is 9.34. The number of H-pyrrole nitrogens is 1. The monoisotopic (exact) mass is 373 g/mol. The van der Waals surface area contributed by atoms with Crippen LogP contribution in [0.25, 0.3) is 11.1 Å². The summed E-state index contributed by atoms with van der Waals surface area (Å²) in [5.74, 6) is -0.495. The highest BCUT2D eigenvalue weighted by atomic mass is 32.2. The first-order valence-electron chi connectivity index (χ1n) is 6.46. The minimum absolute atomic E-state index is 0.0301. The molecule has 23 heavy (non-hydrogen) atoms. The van der Waals surface area contributed by atoms with E-state index in [1.54, 1.807) is 0 Å². The van der Waals surface area contributed by atoms with Gasteiger partial charge in [-0.15, -0.1) is 0 Å². The lowest BCUT2D eigenvalue weighted by molar-refractivity contribution is -0.123. The highest BCUT2D eigenvalue weighted by Crippen LogP contribution is 2.19. The molecule has 1 saturated heterocycles. The number of thioether (sulfide) groups is 1. The van der Waals surface area contributed by atoms with Crippen molar-refractivity contribution in [2.24, 2.45) is 0 Å². The molecular formula is C12H11N3O5S3. The molecule has 122 valence electrons. The van der Waals surface area contributed by atoms with E-state index in [1.165, 1.54) is 34.9 Å². The number of fused-ring (bicyclic) bond motifs is 1. The minimum atomic E-state index is -3.78. The third-order valence-electron chi connectivity index (χ3n) is 3.17. The molecule has 0 aliphatic carbocycles. The van der Waals surface area contributed by atoms with Gasteiger partial charge < -0.3 is 4.42 Å². The molecule has 2 N–H and O–H groups in total. The first kappa shape index (κ1) is 16.2.